The van der Waals surface area contributed by atoms with Crippen molar-refractivity contribution in [2.24, 2.45) is 0 Å². The second-order valence-electron chi connectivity index (χ2n) is 5.73. The third kappa shape index (κ3) is 2.72. The van der Waals surface area contributed by atoms with Gasteiger partial charge in [0.25, 0.3) is 5.91 Å². The summed E-state index contributed by atoms with van der Waals surface area (Å²) in [5.74, 6) is 0.321. The van der Waals surface area contributed by atoms with Crippen molar-refractivity contribution in [1.29, 1.82) is 0 Å². The third-order valence-electron chi connectivity index (χ3n) is 4.25. The molecule has 1 heterocycles. The number of ether oxygens (including phenoxy) is 1. The first-order chi connectivity index (χ1) is 11.3. The maximum absolute atomic E-state index is 12.8. The van der Waals surface area contributed by atoms with Gasteiger partial charge in [0, 0.05) is 19.2 Å². The average Bonchev–Trinajstić information content (AvgIpc) is 2.56. The maximum Gasteiger partial charge on any atom is 0.416 e. The normalized spacial score (nSPS) is 14.5. The van der Waals surface area contributed by atoms with Gasteiger partial charge in [0.15, 0.2) is 0 Å². The molecule has 0 aliphatic carbocycles. The Kier molecular flexibility index (Phi) is 3.99. The van der Waals surface area contributed by atoms with Gasteiger partial charge in [0.2, 0.25) is 0 Å². The lowest BCUT2D eigenvalue weighted by Gasteiger charge is -2.27. The molecule has 0 radical (unpaired) electrons. The number of nitrogens with zero attached hydrogens (tertiary/aromatic N) is 1. The zero-order valence-corrected chi connectivity index (χ0v) is 13.3. The number of alkyl halides is 3. The topological polar surface area (TPSA) is 29.5 Å². The molecule has 0 aromatic heterocycles. The molecule has 3 nitrogen and oxygen atoms in total. The summed E-state index contributed by atoms with van der Waals surface area (Å²) in [7, 11) is 3.19. The van der Waals surface area contributed by atoms with Crippen LogP contribution in [0.2, 0.25) is 0 Å². The molecule has 0 unspecified atom stereocenters. The van der Waals surface area contributed by atoms with Crippen LogP contribution in [0.15, 0.2) is 36.4 Å². The highest BCUT2D eigenvalue weighted by atomic mass is 19.4. The first kappa shape index (κ1) is 16.4. The Morgan fingerprint density at radius 2 is 1.71 bits per heavy atom. The van der Waals surface area contributed by atoms with Crippen molar-refractivity contribution in [2.75, 3.05) is 20.7 Å². The van der Waals surface area contributed by atoms with Crippen molar-refractivity contribution in [3.63, 3.8) is 0 Å². The van der Waals surface area contributed by atoms with Crippen LogP contribution in [0.1, 0.15) is 21.5 Å². The summed E-state index contributed by atoms with van der Waals surface area (Å²) < 4.78 is 43.7. The van der Waals surface area contributed by atoms with E-state index in [1.54, 1.807) is 18.0 Å². The highest BCUT2D eigenvalue weighted by Gasteiger charge is 2.31. The van der Waals surface area contributed by atoms with Gasteiger partial charge in [-0.05, 0) is 35.7 Å². The van der Waals surface area contributed by atoms with Gasteiger partial charge in [-0.1, -0.05) is 18.2 Å². The number of benzene rings is 2. The molecule has 2 aromatic rings. The molecule has 2 aromatic carbocycles. The number of hydrogen-bond acceptors (Lipinski definition) is 2. The summed E-state index contributed by atoms with van der Waals surface area (Å²) in [6.45, 7) is 0.616. The number of carbonyl (C=O) groups excluding carboxylic acids is 1. The van der Waals surface area contributed by atoms with Gasteiger partial charge >= 0.3 is 6.18 Å². The van der Waals surface area contributed by atoms with E-state index >= 15 is 0 Å². The molecular formula is C18H16F3NO2. The molecule has 1 amide bonds. The van der Waals surface area contributed by atoms with Crippen LogP contribution in [0.3, 0.4) is 0 Å². The fourth-order valence-electron chi connectivity index (χ4n) is 2.94. The van der Waals surface area contributed by atoms with Crippen molar-refractivity contribution in [1.82, 2.24) is 4.90 Å². The maximum atomic E-state index is 12.8. The van der Waals surface area contributed by atoms with E-state index in [0.717, 1.165) is 17.7 Å². The average molecular weight is 335 g/mol. The summed E-state index contributed by atoms with van der Waals surface area (Å²) in [6.07, 6.45) is -3.69. The van der Waals surface area contributed by atoms with E-state index < -0.39 is 11.7 Å². The number of amides is 1. The lowest BCUT2D eigenvalue weighted by molar-refractivity contribution is -0.137. The van der Waals surface area contributed by atoms with E-state index in [2.05, 4.69) is 0 Å². The third-order valence-corrected chi connectivity index (χ3v) is 4.25. The summed E-state index contributed by atoms with van der Waals surface area (Å²) in [6, 6.07) is 8.39. The Morgan fingerprint density at radius 1 is 1.04 bits per heavy atom. The van der Waals surface area contributed by atoms with Crippen LogP contribution >= 0.6 is 0 Å². The molecule has 1 aliphatic rings. The van der Waals surface area contributed by atoms with Crippen LogP contribution in [0.4, 0.5) is 13.2 Å². The highest BCUT2D eigenvalue weighted by Crippen LogP contribution is 2.39. The molecule has 1 aliphatic heterocycles. The smallest absolute Gasteiger partial charge is 0.416 e. The predicted octanol–water partition coefficient (Wildman–Crippen LogP) is 4.01. The van der Waals surface area contributed by atoms with Crippen LogP contribution in [-0.2, 0) is 12.6 Å². The van der Waals surface area contributed by atoms with E-state index in [9.17, 15) is 18.0 Å². The minimum Gasteiger partial charge on any atom is -0.496 e. The van der Waals surface area contributed by atoms with E-state index in [1.165, 1.54) is 19.2 Å². The number of halogens is 3. The number of hydrogen-bond donors (Lipinski definition) is 0. The van der Waals surface area contributed by atoms with Gasteiger partial charge < -0.3 is 9.64 Å². The summed E-state index contributed by atoms with van der Waals surface area (Å²) >= 11 is 0. The molecule has 24 heavy (non-hydrogen) atoms. The Bertz CT molecular complexity index is 782. The fraction of sp³-hybridized carbons (Fsp3) is 0.278. The van der Waals surface area contributed by atoms with Gasteiger partial charge in [-0.2, -0.15) is 13.2 Å². The molecule has 0 saturated carbocycles. The molecule has 0 spiro atoms. The molecule has 0 N–H and O–H groups in total. The second kappa shape index (κ2) is 5.85. The summed E-state index contributed by atoms with van der Waals surface area (Å²) in [4.78, 5) is 14.2. The molecule has 6 heteroatoms. The van der Waals surface area contributed by atoms with Crippen molar-refractivity contribution in [3.8, 4) is 16.9 Å². The Morgan fingerprint density at radius 3 is 2.29 bits per heavy atom. The van der Waals surface area contributed by atoms with Crippen molar-refractivity contribution in [3.05, 3.63) is 53.1 Å². The number of rotatable bonds is 2. The quantitative estimate of drug-likeness (QED) is 0.830. The molecule has 0 bridgehead atoms. The molecule has 126 valence electrons. The molecule has 0 saturated heterocycles. The van der Waals surface area contributed by atoms with Crippen LogP contribution in [0.5, 0.6) is 5.75 Å². The van der Waals surface area contributed by atoms with E-state index in [1.807, 2.05) is 6.07 Å². The van der Waals surface area contributed by atoms with Crippen molar-refractivity contribution in [2.45, 2.75) is 12.6 Å². The number of likely N-dealkylation sites (N-methyl/N-ethyl adjacent to an activating group) is 1. The number of fused-ring (bicyclic) bond motifs is 1. The highest BCUT2D eigenvalue weighted by molar-refractivity contribution is 6.04. The molecular weight excluding hydrogens is 319 g/mol. The van der Waals surface area contributed by atoms with Gasteiger partial charge in [0.05, 0.1) is 18.2 Å². The number of methoxy groups -OCH3 is 1. The SMILES string of the molecule is COc1ccc2c(c1-c1ccc(C(F)(F)F)cc1)C(=O)N(C)CC2. The van der Waals surface area contributed by atoms with E-state index in [-0.39, 0.29) is 5.91 Å². The largest absolute Gasteiger partial charge is 0.496 e. The van der Waals surface area contributed by atoms with Gasteiger partial charge in [-0.15, -0.1) is 0 Å². The fourth-order valence-corrected chi connectivity index (χ4v) is 2.94. The first-order valence-corrected chi connectivity index (χ1v) is 7.46. The van der Waals surface area contributed by atoms with Crippen molar-refractivity contribution < 1.29 is 22.7 Å². The predicted molar refractivity (Wildman–Crippen MR) is 84.1 cm³/mol. The summed E-state index contributed by atoms with van der Waals surface area (Å²) in [5.41, 5.74) is 1.73. The molecule has 3 rings (SSSR count). The summed E-state index contributed by atoms with van der Waals surface area (Å²) in [5, 5.41) is 0. The zero-order valence-electron chi connectivity index (χ0n) is 13.3. The van der Waals surface area contributed by atoms with E-state index in [0.29, 0.717) is 35.4 Å². The zero-order chi connectivity index (χ0) is 17.5. The van der Waals surface area contributed by atoms with Gasteiger partial charge in [-0.25, -0.2) is 0 Å². The molecule has 0 fully saturated rings. The lowest BCUT2D eigenvalue weighted by atomic mass is 9.89. The lowest BCUT2D eigenvalue weighted by Crippen LogP contribution is -2.34. The van der Waals surface area contributed by atoms with Crippen LogP contribution in [-0.4, -0.2) is 31.5 Å². The van der Waals surface area contributed by atoms with Crippen LogP contribution < -0.4 is 4.74 Å². The second-order valence-corrected chi connectivity index (χ2v) is 5.73. The Hall–Kier alpha value is -2.50. The molecule has 0 atom stereocenters. The monoisotopic (exact) mass is 335 g/mol. The van der Waals surface area contributed by atoms with Crippen molar-refractivity contribution >= 4 is 5.91 Å². The Balaban J connectivity index is 2.18. The van der Waals surface area contributed by atoms with Crippen LogP contribution in [0.25, 0.3) is 11.1 Å². The number of carbonyl (C=O) groups is 1. The standard InChI is InChI=1S/C18H16F3NO2/c1-22-10-9-12-5-8-14(24-2)15(16(12)17(22)23)11-3-6-13(7-4-11)18(19,20)21/h3-8H,9-10H2,1-2H3. The van der Waals surface area contributed by atoms with Crippen LogP contribution in [0, 0.1) is 0 Å². The van der Waals surface area contributed by atoms with E-state index in [4.69, 9.17) is 4.74 Å². The Labute approximate surface area is 137 Å². The van der Waals surface area contributed by atoms with Gasteiger partial charge in [-0.3, -0.25) is 4.79 Å². The first-order valence-electron chi connectivity index (χ1n) is 7.46. The van der Waals surface area contributed by atoms with Gasteiger partial charge in [0.1, 0.15) is 5.75 Å². The minimum atomic E-state index is -4.39. The minimum absolute atomic E-state index is 0.148.